The summed E-state index contributed by atoms with van der Waals surface area (Å²) < 4.78 is 10.7. The highest BCUT2D eigenvalue weighted by molar-refractivity contribution is 7.17. The number of thiophene rings is 1. The number of aromatic nitrogens is 7. The lowest BCUT2D eigenvalue weighted by molar-refractivity contribution is 0.0461. The molecular weight excluding hydrogens is 394 g/mol. The molecular formula is C18H13N7O3S. The van der Waals surface area contributed by atoms with Crippen molar-refractivity contribution in [2.45, 2.75) is 6.61 Å². The van der Waals surface area contributed by atoms with Crippen molar-refractivity contribution in [2.75, 3.05) is 0 Å². The van der Waals surface area contributed by atoms with Crippen LogP contribution in [0.4, 0.5) is 0 Å². The molecule has 29 heavy (non-hydrogen) atoms. The van der Waals surface area contributed by atoms with Gasteiger partial charge in [0.2, 0.25) is 5.78 Å². The Balaban J connectivity index is 1.41. The van der Waals surface area contributed by atoms with Gasteiger partial charge in [0.1, 0.15) is 4.70 Å². The fraction of sp³-hybridized carbons (Fsp3) is 0.111. The Bertz CT molecular complexity index is 1400. The lowest BCUT2D eigenvalue weighted by Gasteiger charge is -2.06. The molecule has 0 saturated carbocycles. The Hall–Kier alpha value is -3.86. The number of ether oxygens (including phenoxy) is 1. The second kappa shape index (κ2) is 6.63. The van der Waals surface area contributed by atoms with Gasteiger partial charge >= 0.3 is 5.97 Å². The summed E-state index contributed by atoms with van der Waals surface area (Å²) in [6.45, 7) is -0.0932. The fourth-order valence-corrected chi connectivity index (χ4v) is 3.86. The summed E-state index contributed by atoms with van der Waals surface area (Å²) in [5, 5.41) is 14.1. The minimum Gasteiger partial charge on any atom is -0.454 e. The lowest BCUT2D eigenvalue weighted by Crippen LogP contribution is -2.19. The van der Waals surface area contributed by atoms with E-state index < -0.39 is 5.97 Å². The number of nitrogens with zero attached hydrogens (tertiary/aromatic N) is 7. The van der Waals surface area contributed by atoms with Crippen molar-refractivity contribution in [2.24, 2.45) is 7.05 Å². The Morgan fingerprint density at radius 1 is 1.24 bits per heavy atom. The molecule has 0 bridgehead atoms. The van der Waals surface area contributed by atoms with Crippen molar-refractivity contribution < 1.29 is 9.53 Å². The van der Waals surface area contributed by atoms with Gasteiger partial charge < -0.3 is 4.74 Å². The van der Waals surface area contributed by atoms with Crippen molar-refractivity contribution >= 4 is 33.3 Å². The smallest absolute Gasteiger partial charge is 0.340 e. The molecule has 0 aromatic carbocycles. The zero-order valence-electron chi connectivity index (χ0n) is 15.1. The van der Waals surface area contributed by atoms with Gasteiger partial charge in [-0.3, -0.25) is 13.8 Å². The normalized spacial score (nSPS) is 11.3. The SMILES string of the molecule is Cn1c(=O)c2sccc2n2c(COC(=O)c3ccc(-n4cccn4)nc3)nnc12. The molecule has 0 spiro atoms. The number of hydrogen-bond donors (Lipinski definition) is 0. The van der Waals surface area contributed by atoms with E-state index in [1.54, 1.807) is 46.7 Å². The van der Waals surface area contributed by atoms with Crippen LogP contribution >= 0.6 is 11.3 Å². The molecule has 144 valence electrons. The maximum absolute atomic E-state index is 12.4. The van der Waals surface area contributed by atoms with Gasteiger partial charge in [0.15, 0.2) is 18.2 Å². The first-order valence-electron chi connectivity index (χ1n) is 8.57. The molecule has 11 heteroatoms. The highest BCUT2D eigenvalue weighted by atomic mass is 32.1. The van der Waals surface area contributed by atoms with Gasteiger partial charge in [-0.1, -0.05) is 0 Å². The molecule has 0 radical (unpaired) electrons. The average molecular weight is 407 g/mol. The fourth-order valence-electron chi connectivity index (χ4n) is 3.01. The Labute approximate surface area is 166 Å². The van der Waals surface area contributed by atoms with Gasteiger partial charge in [-0.25, -0.2) is 14.5 Å². The number of rotatable bonds is 4. The summed E-state index contributed by atoms with van der Waals surface area (Å²) in [4.78, 5) is 29.0. The maximum Gasteiger partial charge on any atom is 0.340 e. The minimum absolute atomic E-state index is 0.0932. The van der Waals surface area contributed by atoms with Crippen LogP contribution in [0, 0.1) is 0 Å². The molecule has 0 aliphatic carbocycles. The first kappa shape index (κ1) is 17.3. The van der Waals surface area contributed by atoms with E-state index in [9.17, 15) is 9.59 Å². The summed E-state index contributed by atoms with van der Waals surface area (Å²) in [5.74, 6) is 0.870. The van der Waals surface area contributed by atoms with E-state index in [2.05, 4.69) is 20.3 Å². The number of fused-ring (bicyclic) bond motifs is 3. The van der Waals surface area contributed by atoms with Crippen molar-refractivity contribution in [3.8, 4) is 5.82 Å². The van der Waals surface area contributed by atoms with Crippen LogP contribution in [0.5, 0.6) is 0 Å². The van der Waals surface area contributed by atoms with E-state index >= 15 is 0 Å². The Morgan fingerprint density at radius 3 is 2.90 bits per heavy atom. The quantitative estimate of drug-likeness (QED) is 0.416. The lowest BCUT2D eigenvalue weighted by atomic mass is 10.3. The topological polar surface area (TPSA) is 109 Å². The van der Waals surface area contributed by atoms with Crippen molar-refractivity contribution in [1.82, 2.24) is 33.9 Å². The monoisotopic (exact) mass is 407 g/mol. The third-order valence-electron chi connectivity index (χ3n) is 4.45. The highest BCUT2D eigenvalue weighted by Crippen LogP contribution is 2.19. The maximum atomic E-state index is 12.4. The van der Waals surface area contributed by atoms with Gasteiger partial charge in [0, 0.05) is 25.6 Å². The van der Waals surface area contributed by atoms with Crippen LogP contribution < -0.4 is 5.56 Å². The number of pyridine rings is 1. The van der Waals surface area contributed by atoms with E-state index in [0.29, 0.717) is 33.2 Å². The summed E-state index contributed by atoms with van der Waals surface area (Å²) >= 11 is 1.34. The predicted molar refractivity (Wildman–Crippen MR) is 104 cm³/mol. The molecule has 5 rings (SSSR count). The zero-order valence-corrected chi connectivity index (χ0v) is 15.9. The third kappa shape index (κ3) is 2.79. The van der Waals surface area contributed by atoms with Crippen molar-refractivity contribution in [1.29, 1.82) is 0 Å². The molecule has 0 aliphatic rings. The van der Waals surface area contributed by atoms with Gasteiger partial charge in [0.05, 0.1) is 11.1 Å². The van der Waals surface area contributed by atoms with Crippen LogP contribution in [0.1, 0.15) is 16.2 Å². The Morgan fingerprint density at radius 2 is 2.14 bits per heavy atom. The van der Waals surface area contributed by atoms with Crippen LogP contribution in [-0.4, -0.2) is 39.9 Å². The molecule has 0 saturated heterocycles. The van der Waals surface area contributed by atoms with Crippen LogP contribution in [0.2, 0.25) is 0 Å². The molecule has 0 atom stereocenters. The average Bonchev–Trinajstić information content (AvgIpc) is 3.50. The number of carbonyl (C=O) groups is 1. The van der Waals surface area contributed by atoms with E-state index in [1.165, 1.54) is 22.1 Å². The molecule has 0 aliphatic heterocycles. The number of aryl methyl sites for hydroxylation is 1. The number of hydrogen-bond acceptors (Lipinski definition) is 8. The van der Waals surface area contributed by atoms with E-state index in [1.807, 2.05) is 11.4 Å². The van der Waals surface area contributed by atoms with Gasteiger partial charge in [-0.15, -0.1) is 21.5 Å². The number of carbonyl (C=O) groups excluding carboxylic acids is 1. The van der Waals surface area contributed by atoms with Crippen molar-refractivity contribution in [3.05, 3.63) is 70.0 Å². The molecule has 5 aromatic rings. The third-order valence-corrected chi connectivity index (χ3v) is 5.34. The molecule has 10 nitrogen and oxygen atoms in total. The second-order valence-corrected chi connectivity index (χ2v) is 7.10. The van der Waals surface area contributed by atoms with Crippen LogP contribution in [-0.2, 0) is 18.4 Å². The van der Waals surface area contributed by atoms with Crippen LogP contribution in [0.25, 0.3) is 21.8 Å². The zero-order chi connectivity index (χ0) is 20.0. The summed E-state index contributed by atoms with van der Waals surface area (Å²) in [6, 6.07) is 6.91. The first-order chi connectivity index (χ1) is 14.1. The van der Waals surface area contributed by atoms with Gasteiger partial charge in [-0.2, -0.15) is 5.10 Å². The number of esters is 1. The first-order valence-corrected chi connectivity index (χ1v) is 9.45. The predicted octanol–water partition coefficient (Wildman–Crippen LogP) is 1.58. The molecule has 0 fully saturated rings. The van der Waals surface area contributed by atoms with Crippen LogP contribution in [0.3, 0.4) is 0 Å². The molecule has 0 N–H and O–H groups in total. The summed E-state index contributed by atoms with van der Waals surface area (Å²) in [5.41, 5.74) is 0.860. The largest absolute Gasteiger partial charge is 0.454 e. The van der Waals surface area contributed by atoms with E-state index in [-0.39, 0.29) is 12.2 Å². The molecule has 0 amide bonds. The minimum atomic E-state index is -0.535. The van der Waals surface area contributed by atoms with Gasteiger partial charge in [0.25, 0.3) is 5.56 Å². The van der Waals surface area contributed by atoms with Gasteiger partial charge in [-0.05, 0) is 29.6 Å². The summed E-state index contributed by atoms with van der Waals surface area (Å²) in [6.07, 6.45) is 4.84. The van der Waals surface area contributed by atoms with E-state index in [0.717, 1.165) is 0 Å². The van der Waals surface area contributed by atoms with Crippen molar-refractivity contribution in [3.63, 3.8) is 0 Å². The molecule has 5 heterocycles. The second-order valence-electron chi connectivity index (χ2n) is 6.18. The van der Waals surface area contributed by atoms with E-state index in [4.69, 9.17) is 4.74 Å². The standard InChI is InChI=1S/C18H13N7O3S/c1-23-16(26)15-12(5-8-29-15)25-14(21-22-18(23)25)10-28-17(27)11-3-4-13(19-9-11)24-7-2-6-20-24/h2-9H,10H2,1H3. The molecule has 5 aromatic heterocycles. The highest BCUT2D eigenvalue weighted by Gasteiger charge is 2.17. The molecule has 0 unspecified atom stereocenters. The van der Waals surface area contributed by atoms with Crippen LogP contribution in [0.15, 0.2) is 53.0 Å². The summed E-state index contributed by atoms with van der Waals surface area (Å²) in [7, 11) is 1.63. The Kier molecular flexibility index (Phi) is 3.95.